The molecule has 1 aliphatic rings. The maximum Gasteiger partial charge on any atom is 0.573 e. The Morgan fingerprint density at radius 3 is 2.48 bits per heavy atom. The van der Waals surface area contributed by atoms with Gasteiger partial charge in [0.15, 0.2) is 11.0 Å². The van der Waals surface area contributed by atoms with Gasteiger partial charge in [-0.2, -0.15) is 10.3 Å². The zero-order chi connectivity index (χ0) is 31.4. The second kappa shape index (κ2) is 12.8. The molecule has 0 spiro atoms. The molecule has 2 atom stereocenters. The molecule has 2 unspecified atom stereocenters. The molecule has 2 N–H and O–H groups in total. The number of aromatic nitrogens is 3. The Balaban J connectivity index is 1.22. The number of alkyl halides is 3. The SMILES string of the molecule is Cc1cccc(C)c1N1C(=NC(=O)NCC(C#N)c2ccc(-c3ncn(-c4ccc(OC(F)(F)F)cc4)n3)cc2)SCC1O. The smallest absolute Gasteiger partial charge is 0.406 e. The number of nitrogens with one attached hydrogen (secondary N) is 1. The number of urea groups is 1. The summed E-state index contributed by atoms with van der Waals surface area (Å²) < 4.78 is 42.5. The van der Waals surface area contributed by atoms with Crippen molar-refractivity contribution in [3.63, 3.8) is 0 Å². The summed E-state index contributed by atoms with van der Waals surface area (Å²) >= 11 is 1.28. The minimum absolute atomic E-state index is 0.0169. The molecule has 2 heterocycles. The minimum Gasteiger partial charge on any atom is -0.406 e. The molecule has 0 aliphatic carbocycles. The van der Waals surface area contributed by atoms with Crippen LogP contribution in [0.1, 0.15) is 22.6 Å². The first-order valence-electron chi connectivity index (χ1n) is 13.3. The number of thioether (sulfide) groups is 1. The number of amidine groups is 1. The Morgan fingerprint density at radius 2 is 1.84 bits per heavy atom. The van der Waals surface area contributed by atoms with Crippen LogP contribution in [0.4, 0.5) is 23.7 Å². The van der Waals surface area contributed by atoms with Gasteiger partial charge in [0, 0.05) is 17.9 Å². The number of para-hydroxylation sites is 1. The van der Waals surface area contributed by atoms with E-state index in [0.717, 1.165) is 16.8 Å². The molecule has 44 heavy (non-hydrogen) atoms. The molecule has 0 saturated carbocycles. The lowest BCUT2D eigenvalue weighted by molar-refractivity contribution is -0.274. The number of aliphatic imine (C=N–C) groups is 1. The molecule has 0 bridgehead atoms. The molecule has 10 nitrogen and oxygen atoms in total. The predicted octanol–water partition coefficient (Wildman–Crippen LogP) is 5.69. The molecule has 1 fully saturated rings. The summed E-state index contributed by atoms with van der Waals surface area (Å²) in [4.78, 5) is 22.8. The van der Waals surface area contributed by atoms with Gasteiger partial charge < -0.3 is 15.2 Å². The molecule has 14 heteroatoms. The molecule has 1 aromatic heterocycles. The lowest BCUT2D eigenvalue weighted by atomic mass is 9.99. The molecule has 0 radical (unpaired) electrons. The number of anilines is 1. The number of benzene rings is 3. The highest BCUT2D eigenvalue weighted by Gasteiger charge is 2.33. The van der Waals surface area contributed by atoms with Gasteiger partial charge in [0.25, 0.3) is 0 Å². The monoisotopic (exact) mass is 621 g/mol. The number of nitriles is 1. The van der Waals surface area contributed by atoms with Gasteiger partial charge >= 0.3 is 12.4 Å². The quantitative estimate of drug-likeness (QED) is 0.269. The molecule has 3 aromatic carbocycles. The Bertz CT molecular complexity index is 1700. The third-order valence-corrected chi connectivity index (χ3v) is 7.77. The van der Waals surface area contributed by atoms with E-state index >= 15 is 0 Å². The van der Waals surface area contributed by atoms with Gasteiger partial charge in [0.05, 0.1) is 23.4 Å². The van der Waals surface area contributed by atoms with E-state index in [2.05, 4.69) is 31.2 Å². The van der Waals surface area contributed by atoms with Crippen LogP contribution in [0.5, 0.6) is 5.75 Å². The van der Waals surface area contributed by atoms with Crippen LogP contribution in [0.25, 0.3) is 17.1 Å². The fourth-order valence-electron chi connectivity index (χ4n) is 4.68. The van der Waals surface area contributed by atoms with Crippen LogP contribution in [0, 0.1) is 25.2 Å². The Kier molecular flexibility index (Phi) is 8.88. The highest BCUT2D eigenvalue weighted by atomic mass is 32.2. The number of rotatable bonds is 7. The summed E-state index contributed by atoms with van der Waals surface area (Å²) in [6.07, 6.45) is -4.17. The van der Waals surface area contributed by atoms with Gasteiger partial charge in [-0.15, -0.1) is 18.3 Å². The number of hydrogen-bond acceptors (Lipinski definition) is 7. The number of hydrogen-bond donors (Lipinski definition) is 2. The third-order valence-electron chi connectivity index (χ3n) is 6.75. The number of aliphatic hydroxyl groups excluding tert-OH is 1. The minimum atomic E-state index is -4.78. The number of aryl methyl sites for hydroxylation is 2. The summed E-state index contributed by atoms with van der Waals surface area (Å²) in [7, 11) is 0. The van der Waals surface area contributed by atoms with Crippen molar-refractivity contribution in [2.75, 3.05) is 17.2 Å². The van der Waals surface area contributed by atoms with Gasteiger partial charge in [-0.1, -0.05) is 54.2 Å². The lowest BCUT2D eigenvalue weighted by Crippen LogP contribution is -2.36. The number of nitrogens with zero attached hydrogens (tertiary/aromatic N) is 6. The van der Waals surface area contributed by atoms with E-state index in [1.165, 1.54) is 47.0 Å². The van der Waals surface area contributed by atoms with Crippen molar-refractivity contribution in [1.29, 1.82) is 5.26 Å². The van der Waals surface area contributed by atoms with Crippen LogP contribution in [-0.4, -0.2) is 56.0 Å². The van der Waals surface area contributed by atoms with Crippen molar-refractivity contribution in [3.8, 4) is 28.9 Å². The van der Waals surface area contributed by atoms with Gasteiger partial charge in [-0.3, -0.25) is 4.90 Å². The number of carbonyl (C=O) groups is 1. The Labute approximate surface area is 254 Å². The number of ether oxygens (including phenoxy) is 1. The van der Waals surface area contributed by atoms with Gasteiger partial charge in [0.2, 0.25) is 0 Å². The van der Waals surface area contributed by atoms with E-state index in [1.807, 2.05) is 32.0 Å². The second-order valence-corrected chi connectivity index (χ2v) is 10.8. The van der Waals surface area contributed by atoms with Crippen molar-refractivity contribution in [1.82, 2.24) is 20.1 Å². The highest BCUT2D eigenvalue weighted by molar-refractivity contribution is 8.14. The van der Waals surface area contributed by atoms with Crippen molar-refractivity contribution in [2.45, 2.75) is 32.4 Å². The van der Waals surface area contributed by atoms with Crippen LogP contribution >= 0.6 is 11.8 Å². The summed E-state index contributed by atoms with van der Waals surface area (Å²) in [6, 6.07) is 19.5. The zero-order valence-corrected chi connectivity index (χ0v) is 24.3. The first-order chi connectivity index (χ1) is 21.0. The predicted molar refractivity (Wildman–Crippen MR) is 160 cm³/mol. The summed E-state index contributed by atoms with van der Waals surface area (Å²) in [5.41, 5.74) is 4.50. The third kappa shape index (κ3) is 7.01. The van der Waals surface area contributed by atoms with Gasteiger partial charge in [0.1, 0.15) is 18.3 Å². The first kappa shape index (κ1) is 30.6. The van der Waals surface area contributed by atoms with Crippen molar-refractivity contribution >= 4 is 28.6 Å². The number of aliphatic hydroxyl groups is 1. The zero-order valence-electron chi connectivity index (χ0n) is 23.5. The van der Waals surface area contributed by atoms with Crippen LogP contribution < -0.4 is 15.0 Å². The summed E-state index contributed by atoms with van der Waals surface area (Å²) in [6.45, 7) is 3.88. The number of carbonyl (C=O) groups excluding carboxylic acids is 1. The van der Waals surface area contributed by atoms with Crippen LogP contribution in [-0.2, 0) is 0 Å². The van der Waals surface area contributed by atoms with Gasteiger partial charge in [-0.05, 0) is 54.8 Å². The maximum atomic E-state index is 12.7. The molecule has 1 aliphatic heterocycles. The highest BCUT2D eigenvalue weighted by Crippen LogP contribution is 2.34. The topological polar surface area (TPSA) is 129 Å². The van der Waals surface area contributed by atoms with E-state index in [0.29, 0.717) is 33.6 Å². The standard InChI is InChI=1S/C30H26F3N7O3S/c1-18-4-3-5-19(2)26(18)40-25(41)16-44-29(40)37-28(42)35-15-22(14-34)20-6-8-21(9-7-20)27-36-17-39(38-27)23-10-12-24(13-11-23)43-30(31,32)33/h3-13,17,22,25,41H,15-16H2,1-2H3,(H,35,42). The number of halogens is 3. The molecule has 226 valence electrons. The van der Waals surface area contributed by atoms with Gasteiger partial charge in [-0.25, -0.2) is 14.5 Å². The van der Waals surface area contributed by atoms with Crippen LogP contribution in [0.15, 0.2) is 78.0 Å². The number of amides is 2. The molecular weight excluding hydrogens is 595 g/mol. The average molecular weight is 622 g/mol. The van der Waals surface area contributed by atoms with E-state index in [9.17, 15) is 28.3 Å². The van der Waals surface area contributed by atoms with E-state index < -0.39 is 24.5 Å². The van der Waals surface area contributed by atoms with Crippen molar-refractivity contribution in [2.24, 2.45) is 4.99 Å². The molecule has 4 aromatic rings. The molecule has 1 saturated heterocycles. The fourth-order valence-corrected chi connectivity index (χ4v) is 5.62. The van der Waals surface area contributed by atoms with Crippen LogP contribution in [0.2, 0.25) is 0 Å². The maximum absolute atomic E-state index is 12.7. The average Bonchev–Trinajstić information content (AvgIpc) is 3.61. The largest absolute Gasteiger partial charge is 0.573 e. The normalized spacial score (nSPS) is 16.5. The second-order valence-electron chi connectivity index (χ2n) is 9.84. The van der Waals surface area contributed by atoms with Crippen molar-refractivity contribution in [3.05, 3.63) is 89.7 Å². The van der Waals surface area contributed by atoms with Crippen LogP contribution in [0.3, 0.4) is 0 Å². The molecule has 2 amide bonds. The Morgan fingerprint density at radius 1 is 1.16 bits per heavy atom. The lowest BCUT2D eigenvalue weighted by Gasteiger charge is -2.25. The summed E-state index contributed by atoms with van der Waals surface area (Å²) in [5, 5.41) is 27.8. The first-order valence-corrected chi connectivity index (χ1v) is 14.3. The summed E-state index contributed by atoms with van der Waals surface area (Å²) in [5.74, 6) is -0.269. The Hall–Kier alpha value is -4.87. The van der Waals surface area contributed by atoms with E-state index in [4.69, 9.17) is 0 Å². The van der Waals surface area contributed by atoms with E-state index in [-0.39, 0.29) is 12.3 Å². The van der Waals surface area contributed by atoms with E-state index in [1.54, 1.807) is 29.2 Å². The van der Waals surface area contributed by atoms with Crippen molar-refractivity contribution < 1.29 is 27.8 Å². The molecular formula is C30H26F3N7O3S. The fraction of sp³-hybridized carbons (Fsp3) is 0.233. The molecule has 5 rings (SSSR count).